The van der Waals surface area contributed by atoms with Crippen LogP contribution in [0.4, 0.5) is 0 Å². The molecule has 0 radical (unpaired) electrons. The van der Waals surface area contributed by atoms with Gasteiger partial charge < -0.3 is 14.8 Å². The molecule has 0 spiro atoms. The molecule has 0 aromatic carbocycles. The van der Waals surface area contributed by atoms with Gasteiger partial charge in [-0.2, -0.15) is 0 Å². The van der Waals surface area contributed by atoms with Crippen LogP contribution in [0.2, 0.25) is 0 Å². The van der Waals surface area contributed by atoms with Gasteiger partial charge in [0, 0.05) is 13.1 Å². The molecular formula is C11H21N5. The number of nitrogens with one attached hydrogen (secondary N) is 1. The third-order valence-electron chi connectivity index (χ3n) is 3.39. The summed E-state index contributed by atoms with van der Waals surface area (Å²) in [4.78, 5) is 2.50. The number of aromatic nitrogens is 3. The van der Waals surface area contributed by atoms with E-state index in [2.05, 4.69) is 27.3 Å². The van der Waals surface area contributed by atoms with Crippen molar-refractivity contribution in [2.24, 2.45) is 7.05 Å². The van der Waals surface area contributed by atoms with Crippen molar-refractivity contribution in [1.29, 1.82) is 0 Å². The average molecular weight is 223 g/mol. The lowest BCUT2D eigenvalue weighted by Gasteiger charge is -2.31. The summed E-state index contributed by atoms with van der Waals surface area (Å²) in [5, 5.41) is 11.5. The smallest absolute Gasteiger partial charge is 0.146 e. The van der Waals surface area contributed by atoms with Crippen LogP contribution in [0.1, 0.15) is 25.6 Å². The summed E-state index contributed by atoms with van der Waals surface area (Å²) in [6.45, 7) is 6.66. The number of nitrogens with zero attached hydrogens (tertiary/aromatic N) is 4. The monoisotopic (exact) mass is 223 g/mol. The van der Waals surface area contributed by atoms with E-state index in [1.807, 2.05) is 11.6 Å². The molecule has 5 heteroatoms. The van der Waals surface area contributed by atoms with Gasteiger partial charge in [-0.3, -0.25) is 0 Å². The number of likely N-dealkylation sites (tertiary alicyclic amines) is 1. The average Bonchev–Trinajstić information content (AvgIpc) is 2.73. The van der Waals surface area contributed by atoms with E-state index in [9.17, 15) is 0 Å². The molecule has 0 aliphatic carbocycles. The van der Waals surface area contributed by atoms with Crippen LogP contribution < -0.4 is 5.32 Å². The first-order valence-corrected chi connectivity index (χ1v) is 6.08. The van der Waals surface area contributed by atoms with Crippen molar-refractivity contribution < 1.29 is 0 Å². The molecule has 0 atom stereocenters. The molecule has 0 saturated carbocycles. The van der Waals surface area contributed by atoms with Gasteiger partial charge in [-0.1, -0.05) is 6.92 Å². The Balaban J connectivity index is 1.73. The van der Waals surface area contributed by atoms with Crippen molar-refractivity contribution >= 4 is 0 Å². The summed E-state index contributed by atoms with van der Waals surface area (Å²) in [6.07, 6.45) is 4.23. The molecule has 5 nitrogen and oxygen atoms in total. The predicted molar refractivity (Wildman–Crippen MR) is 63.0 cm³/mol. The Morgan fingerprint density at radius 2 is 2.19 bits per heavy atom. The molecule has 1 saturated heterocycles. The van der Waals surface area contributed by atoms with Crippen molar-refractivity contribution in [2.45, 2.75) is 32.4 Å². The second kappa shape index (κ2) is 5.41. The van der Waals surface area contributed by atoms with E-state index in [1.54, 1.807) is 6.33 Å². The number of piperidine rings is 1. The van der Waals surface area contributed by atoms with Gasteiger partial charge in [-0.15, -0.1) is 10.2 Å². The van der Waals surface area contributed by atoms with E-state index in [0.717, 1.165) is 12.4 Å². The quantitative estimate of drug-likeness (QED) is 0.802. The van der Waals surface area contributed by atoms with E-state index in [1.165, 1.54) is 32.5 Å². The van der Waals surface area contributed by atoms with E-state index >= 15 is 0 Å². The normalized spacial score (nSPS) is 19.1. The zero-order chi connectivity index (χ0) is 11.4. The maximum absolute atomic E-state index is 4.07. The zero-order valence-electron chi connectivity index (χ0n) is 10.2. The van der Waals surface area contributed by atoms with E-state index in [4.69, 9.17) is 0 Å². The van der Waals surface area contributed by atoms with Gasteiger partial charge in [0.1, 0.15) is 12.2 Å². The summed E-state index contributed by atoms with van der Waals surface area (Å²) in [5.74, 6) is 1.01. The Labute approximate surface area is 96.8 Å². The lowest BCUT2D eigenvalue weighted by molar-refractivity contribution is 0.205. The Hall–Kier alpha value is -0.940. The first-order valence-electron chi connectivity index (χ1n) is 6.08. The highest BCUT2D eigenvalue weighted by molar-refractivity contribution is 4.85. The van der Waals surface area contributed by atoms with Crippen LogP contribution >= 0.6 is 0 Å². The molecule has 0 unspecified atom stereocenters. The van der Waals surface area contributed by atoms with Gasteiger partial charge in [-0.05, 0) is 32.5 Å². The second-order valence-electron chi connectivity index (χ2n) is 4.45. The van der Waals surface area contributed by atoms with E-state index in [-0.39, 0.29) is 0 Å². The van der Waals surface area contributed by atoms with Crippen LogP contribution in [0.15, 0.2) is 6.33 Å². The molecule has 1 aliphatic heterocycles. The number of rotatable bonds is 4. The van der Waals surface area contributed by atoms with E-state index < -0.39 is 0 Å². The minimum Gasteiger partial charge on any atom is -0.320 e. The summed E-state index contributed by atoms with van der Waals surface area (Å²) in [5.41, 5.74) is 0. The highest BCUT2D eigenvalue weighted by Crippen LogP contribution is 2.10. The van der Waals surface area contributed by atoms with Crippen molar-refractivity contribution in [3.63, 3.8) is 0 Å². The molecule has 1 aliphatic rings. The Morgan fingerprint density at radius 1 is 1.44 bits per heavy atom. The topological polar surface area (TPSA) is 46.0 Å². The first-order chi connectivity index (χ1) is 7.79. The summed E-state index contributed by atoms with van der Waals surface area (Å²) in [6, 6.07) is 0.638. The number of hydrogen-bond donors (Lipinski definition) is 1. The highest BCUT2D eigenvalue weighted by Gasteiger charge is 2.17. The largest absolute Gasteiger partial charge is 0.320 e. The fourth-order valence-electron chi connectivity index (χ4n) is 2.16. The van der Waals surface area contributed by atoms with Gasteiger partial charge in [0.2, 0.25) is 0 Å². The molecule has 0 amide bonds. The van der Waals surface area contributed by atoms with Crippen LogP contribution in [0.25, 0.3) is 0 Å². The molecule has 1 aromatic heterocycles. The highest BCUT2D eigenvalue weighted by atomic mass is 15.3. The summed E-state index contributed by atoms with van der Waals surface area (Å²) < 4.78 is 1.97. The van der Waals surface area contributed by atoms with Crippen LogP contribution in [-0.4, -0.2) is 45.3 Å². The predicted octanol–water partition coefficient (Wildman–Crippen LogP) is 0.389. The molecule has 2 heterocycles. The number of aryl methyl sites for hydroxylation is 1. The van der Waals surface area contributed by atoms with Crippen molar-refractivity contribution in [1.82, 2.24) is 25.0 Å². The van der Waals surface area contributed by atoms with Gasteiger partial charge in [0.05, 0.1) is 6.54 Å². The second-order valence-corrected chi connectivity index (χ2v) is 4.45. The Bertz CT molecular complexity index is 314. The van der Waals surface area contributed by atoms with Crippen LogP contribution in [-0.2, 0) is 13.6 Å². The maximum atomic E-state index is 4.07. The molecule has 1 fully saturated rings. The van der Waals surface area contributed by atoms with Crippen LogP contribution in [0, 0.1) is 0 Å². The van der Waals surface area contributed by atoms with Gasteiger partial charge in [-0.25, -0.2) is 0 Å². The molecule has 1 N–H and O–H groups in total. The summed E-state index contributed by atoms with van der Waals surface area (Å²) >= 11 is 0. The fourth-order valence-corrected chi connectivity index (χ4v) is 2.16. The minimum absolute atomic E-state index is 0.638. The third-order valence-corrected chi connectivity index (χ3v) is 3.39. The Morgan fingerprint density at radius 3 is 2.75 bits per heavy atom. The Kier molecular flexibility index (Phi) is 3.90. The van der Waals surface area contributed by atoms with Crippen molar-refractivity contribution in [2.75, 3.05) is 19.6 Å². The SMILES string of the molecule is CCN1CCC(NCc2nncn2C)CC1. The van der Waals surface area contributed by atoms with Crippen LogP contribution in [0.3, 0.4) is 0 Å². The molecule has 90 valence electrons. The lowest BCUT2D eigenvalue weighted by atomic mass is 10.1. The lowest BCUT2D eigenvalue weighted by Crippen LogP contribution is -2.42. The maximum Gasteiger partial charge on any atom is 0.146 e. The molecule has 16 heavy (non-hydrogen) atoms. The minimum atomic E-state index is 0.638. The third kappa shape index (κ3) is 2.80. The first kappa shape index (κ1) is 11.5. The summed E-state index contributed by atoms with van der Waals surface area (Å²) in [7, 11) is 1.98. The van der Waals surface area contributed by atoms with E-state index in [0.29, 0.717) is 6.04 Å². The van der Waals surface area contributed by atoms with Crippen molar-refractivity contribution in [3.8, 4) is 0 Å². The van der Waals surface area contributed by atoms with Crippen LogP contribution in [0.5, 0.6) is 0 Å². The standard InChI is InChI=1S/C11H21N5/c1-3-16-6-4-10(5-7-16)12-8-11-14-13-9-15(11)2/h9-10,12H,3-8H2,1-2H3. The molecular weight excluding hydrogens is 202 g/mol. The van der Waals surface area contributed by atoms with Crippen molar-refractivity contribution in [3.05, 3.63) is 12.2 Å². The zero-order valence-corrected chi connectivity index (χ0v) is 10.2. The van der Waals surface area contributed by atoms with Gasteiger partial charge in [0.25, 0.3) is 0 Å². The fraction of sp³-hybridized carbons (Fsp3) is 0.818. The van der Waals surface area contributed by atoms with Gasteiger partial charge in [0.15, 0.2) is 0 Å². The number of hydrogen-bond acceptors (Lipinski definition) is 4. The molecule has 2 rings (SSSR count). The molecule has 1 aromatic rings. The molecule has 0 bridgehead atoms. The van der Waals surface area contributed by atoms with Gasteiger partial charge >= 0.3 is 0 Å².